The molecule has 59 valence electrons. The lowest BCUT2D eigenvalue weighted by Gasteiger charge is -2.02. The molecule has 0 aliphatic carbocycles. The highest BCUT2D eigenvalue weighted by Crippen LogP contribution is 2.15. The minimum absolute atomic E-state index is 0.0682. The summed E-state index contributed by atoms with van der Waals surface area (Å²) in [5.41, 5.74) is 0. The lowest BCUT2D eigenvalue weighted by molar-refractivity contribution is 0.0508. The fraction of sp³-hybridized carbons (Fsp3) is 0.250. The molecule has 1 aromatic carbocycles. The average Bonchev–Trinajstić information content (AvgIpc) is 2.01. The van der Waals surface area contributed by atoms with Crippen LogP contribution in [0.2, 0.25) is 0 Å². The molecule has 0 bridgehead atoms. The van der Waals surface area contributed by atoms with Gasteiger partial charge in [-0.15, -0.1) is 0 Å². The van der Waals surface area contributed by atoms with Crippen LogP contribution < -0.4 is 4.74 Å². The largest absolute Gasteiger partial charge is 0.507 e. The summed E-state index contributed by atoms with van der Waals surface area (Å²) in [7, 11) is 1.53. The van der Waals surface area contributed by atoms with Crippen molar-refractivity contribution in [2.24, 2.45) is 0 Å². The Hall–Kier alpha value is -1.22. The molecule has 1 aromatic rings. The Balaban J connectivity index is 2.56. The molecule has 0 fully saturated rings. The molecule has 1 radical (unpaired) electrons. The Morgan fingerprint density at radius 2 is 2.36 bits per heavy atom. The molecule has 0 aliphatic heterocycles. The van der Waals surface area contributed by atoms with Crippen molar-refractivity contribution in [3.8, 4) is 11.5 Å². The summed E-state index contributed by atoms with van der Waals surface area (Å²) in [5.74, 6) is 0.547. The number of rotatable bonds is 3. The van der Waals surface area contributed by atoms with Crippen molar-refractivity contribution in [1.29, 1.82) is 0 Å². The van der Waals surface area contributed by atoms with Crippen molar-refractivity contribution in [2.75, 3.05) is 13.9 Å². The van der Waals surface area contributed by atoms with Gasteiger partial charge in [0.1, 0.15) is 11.5 Å². The van der Waals surface area contributed by atoms with Gasteiger partial charge in [-0.05, 0) is 12.1 Å². The number of benzene rings is 1. The van der Waals surface area contributed by atoms with Crippen molar-refractivity contribution in [3.63, 3.8) is 0 Å². The first-order valence-electron chi connectivity index (χ1n) is 3.16. The topological polar surface area (TPSA) is 38.7 Å². The van der Waals surface area contributed by atoms with Crippen molar-refractivity contribution in [3.05, 3.63) is 24.3 Å². The van der Waals surface area contributed by atoms with E-state index in [1.807, 2.05) is 0 Å². The van der Waals surface area contributed by atoms with E-state index in [0.29, 0.717) is 5.75 Å². The standard InChI is InChI=1S/C8H9O3/c1-10-6-11-8-4-2-3-7(9)5-8/h2-4,9H,6H2,1H3. The fourth-order valence-corrected chi connectivity index (χ4v) is 0.643. The second-order valence-electron chi connectivity index (χ2n) is 1.95. The second kappa shape index (κ2) is 3.83. The second-order valence-corrected chi connectivity index (χ2v) is 1.95. The summed E-state index contributed by atoms with van der Waals surface area (Å²) in [6.45, 7) is 0.167. The van der Waals surface area contributed by atoms with Gasteiger partial charge in [-0.3, -0.25) is 0 Å². The molecule has 0 aliphatic rings. The van der Waals surface area contributed by atoms with Gasteiger partial charge in [0.05, 0.1) is 6.07 Å². The van der Waals surface area contributed by atoms with Gasteiger partial charge in [-0.1, -0.05) is 6.07 Å². The Labute approximate surface area is 65.2 Å². The van der Waals surface area contributed by atoms with E-state index in [9.17, 15) is 0 Å². The third-order valence-corrected chi connectivity index (χ3v) is 1.09. The molecule has 0 heterocycles. The lowest BCUT2D eigenvalue weighted by Crippen LogP contribution is -1.98. The van der Waals surface area contributed by atoms with E-state index < -0.39 is 0 Å². The number of hydrogen-bond donors (Lipinski definition) is 1. The zero-order chi connectivity index (χ0) is 8.10. The van der Waals surface area contributed by atoms with Crippen LogP contribution in [0.4, 0.5) is 0 Å². The van der Waals surface area contributed by atoms with Crippen molar-refractivity contribution in [2.45, 2.75) is 0 Å². The van der Waals surface area contributed by atoms with Crippen LogP contribution in [0.1, 0.15) is 0 Å². The molecule has 1 N–H and O–H groups in total. The predicted molar refractivity (Wildman–Crippen MR) is 39.4 cm³/mol. The third-order valence-electron chi connectivity index (χ3n) is 1.09. The van der Waals surface area contributed by atoms with Crippen LogP contribution in [0.3, 0.4) is 0 Å². The minimum atomic E-state index is 0.0682. The maximum absolute atomic E-state index is 8.94. The van der Waals surface area contributed by atoms with Gasteiger partial charge in [-0.25, -0.2) is 0 Å². The quantitative estimate of drug-likeness (QED) is 0.662. The molecular formula is C8H9O3. The van der Waals surface area contributed by atoms with Crippen molar-refractivity contribution < 1.29 is 14.6 Å². The SMILES string of the molecule is COCOc1[c]c(O)ccc1. The zero-order valence-corrected chi connectivity index (χ0v) is 6.20. The minimum Gasteiger partial charge on any atom is -0.507 e. The number of phenolic OH excluding ortho intramolecular Hbond substituents is 1. The van der Waals surface area contributed by atoms with Crippen LogP contribution >= 0.6 is 0 Å². The van der Waals surface area contributed by atoms with Crippen LogP contribution in [0.5, 0.6) is 11.5 Å². The molecule has 0 aromatic heterocycles. The predicted octanol–water partition coefficient (Wildman–Crippen LogP) is 1.18. The summed E-state index contributed by atoms with van der Waals surface area (Å²) < 4.78 is 9.66. The maximum Gasteiger partial charge on any atom is 0.188 e. The van der Waals surface area contributed by atoms with E-state index in [4.69, 9.17) is 9.84 Å². The van der Waals surface area contributed by atoms with E-state index in [2.05, 4.69) is 10.8 Å². The van der Waals surface area contributed by atoms with Crippen LogP contribution in [-0.2, 0) is 4.74 Å². The molecule has 11 heavy (non-hydrogen) atoms. The first-order chi connectivity index (χ1) is 5.33. The average molecular weight is 153 g/mol. The highest BCUT2D eigenvalue weighted by Gasteiger charge is 1.93. The summed E-state index contributed by atoms with van der Waals surface area (Å²) in [5, 5.41) is 8.94. The van der Waals surface area contributed by atoms with E-state index in [1.165, 1.54) is 13.2 Å². The molecular weight excluding hydrogens is 144 g/mol. The Morgan fingerprint density at radius 1 is 1.55 bits per heavy atom. The number of ether oxygens (including phenoxy) is 2. The molecule has 0 unspecified atom stereocenters. The van der Waals surface area contributed by atoms with Crippen molar-refractivity contribution >= 4 is 0 Å². The van der Waals surface area contributed by atoms with E-state index in [1.54, 1.807) is 12.1 Å². The summed E-state index contributed by atoms with van der Waals surface area (Å²) in [6.07, 6.45) is 0. The first kappa shape index (κ1) is 7.88. The van der Waals surface area contributed by atoms with Gasteiger partial charge >= 0.3 is 0 Å². The van der Waals surface area contributed by atoms with Gasteiger partial charge < -0.3 is 14.6 Å². The highest BCUT2D eigenvalue weighted by molar-refractivity contribution is 5.29. The molecule has 1 rings (SSSR count). The molecule has 3 heteroatoms. The molecule has 0 atom stereocenters. The van der Waals surface area contributed by atoms with Gasteiger partial charge in [0, 0.05) is 7.11 Å². The zero-order valence-electron chi connectivity index (χ0n) is 6.20. The first-order valence-corrected chi connectivity index (χ1v) is 3.16. The molecule has 0 amide bonds. The summed E-state index contributed by atoms with van der Waals surface area (Å²) in [6, 6.07) is 7.49. The van der Waals surface area contributed by atoms with Crippen molar-refractivity contribution in [1.82, 2.24) is 0 Å². The van der Waals surface area contributed by atoms with Crippen LogP contribution in [0.15, 0.2) is 18.2 Å². The lowest BCUT2D eigenvalue weighted by atomic mass is 10.3. The number of aromatic hydroxyl groups is 1. The number of methoxy groups -OCH3 is 1. The normalized spacial score (nSPS) is 9.55. The van der Waals surface area contributed by atoms with E-state index in [0.717, 1.165) is 0 Å². The van der Waals surface area contributed by atoms with Gasteiger partial charge in [0.25, 0.3) is 0 Å². The number of hydrogen-bond acceptors (Lipinski definition) is 3. The summed E-state index contributed by atoms with van der Waals surface area (Å²) >= 11 is 0. The third kappa shape index (κ3) is 2.47. The van der Waals surface area contributed by atoms with Gasteiger partial charge in [0.2, 0.25) is 0 Å². The van der Waals surface area contributed by atoms with E-state index >= 15 is 0 Å². The van der Waals surface area contributed by atoms with Gasteiger partial charge in [-0.2, -0.15) is 0 Å². The van der Waals surface area contributed by atoms with Gasteiger partial charge in [0.15, 0.2) is 6.79 Å². The maximum atomic E-state index is 8.94. The number of phenols is 1. The Morgan fingerprint density at radius 3 is 3.00 bits per heavy atom. The molecule has 0 spiro atoms. The smallest absolute Gasteiger partial charge is 0.188 e. The van der Waals surface area contributed by atoms with Crippen LogP contribution in [-0.4, -0.2) is 19.0 Å². The molecule has 3 nitrogen and oxygen atoms in total. The monoisotopic (exact) mass is 153 g/mol. The summed E-state index contributed by atoms with van der Waals surface area (Å²) in [4.78, 5) is 0. The fourth-order valence-electron chi connectivity index (χ4n) is 0.643. The van der Waals surface area contributed by atoms with Crippen LogP contribution in [0.25, 0.3) is 0 Å². The Kier molecular flexibility index (Phi) is 2.74. The van der Waals surface area contributed by atoms with Crippen LogP contribution in [0, 0.1) is 6.07 Å². The Bertz CT molecular complexity index is 222. The molecule has 0 saturated carbocycles. The van der Waals surface area contributed by atoms with E-state index in [-0.39, 0.29) is 12.5 Å². The highest BCUT2D eigenvalue weighted by atomic mass is 16.7. The molecule has 0 saturated heterocycles.